The summed E-state index contributed by atoms with van der Waals surface area (Å²) in [6.07, 6.45) is 4.56. The van der Waals surface area contributed by atoms with Crippen molar-refractivity contribution in [2.75, 3.05) is 25.4 Å². The molecule has 0 saturated carbocycles. The van der Waals surface area contributed by atoms with Gasteiger partial charge in [0, 0.05) is 29.8 Å². The largest absolute Gasteiger partial charge is 0.372 e. The average molecular weight is 292 g/mol. The second-order valence-corrected chi connectivity index (χ2v) is 6.98. The van der Waals surface area contributed by atoms with Gasteiger partial charge in [-0.2, -0.15) is 0 Å². The van der Waals surface area contributed by atoms with Crippen molar-refractivity contribution in [3.05, 3.63) is 30.3 Å². The number of morpholine rings is 1. The first-order chi connectivity index (χ1) is 9.79. The number of thioether (sulfide) groups is 1. The van der Waals surface area contributed by atoms with Crippen LogP contribution in [0.3, 0.4) is 0 Å². The molecule has 2 saturated heterocycles. The zero-order chi connectivity index (χ0) is 13.8. The van der Waals surface area contributed by atoms with Gasteiger partial charge in [0.15, 0.2) is 0 Å². The Bertz CT molecular complexity index is 402. The van der Waals surface area contributed by atoms with Crippen LogP contribution in [0.15, 0.2) is 35.2 Å². The number of nitrogens with zero attached hydrogens (tertiary/aromatic N) is 1. The molecule has 2 aliphatic heterocycles. The molecule has 0 aromatic heterocycles. The van der Waals surface area contributed by atoms with Crippen molar-refractivity contribution in [1.82, 2.24) is 4.90 Å². The molecule has 2 N–H and O–H groups in total. The van der Waals surface area contributed by atoms with Gasteiger partial charge in [0.1, 0.15) is 0 Å². The maximum Gasteiger partial charge on any atom is 0.0707 e. The lowest BCUT2D eigenvalue weighted by atomic mass is 10.2. The SMILES string of the molecule is N[C@H](CCN1CC2CCC(C1)O2)CSc1ccccc1. The summed E-state index contributed by atoms with van der Waals surface area (Å²) in [5, 5.41) is 0. The summed E-state index contributed by atoms with van der Waals surface area (Å²) in [7, 11) is 0. The van der Waals surface area contributed by atoms with Crippen LogP contribution in [0.1, 0.15) is 19.3 Å². The zero-order valence-corrected chi connectivity index (χ0v) is 12.7. The Morgan fingerprint density at radius 1 is 1.20 bits per heavy atom. The van der Waals surface area contributed by atoms with E-state index in [0.29, 0.717) is 12.2 Å². The number of hydrogen-bond donors (Lipinski definition) is 1. The Balaban J connectivity index is 1.36. The normalized spacial score (nSPS) is 27.6. The van der Waals surface area contributed by atoms with E-state index in [1.165, 1.54) is 17.7 Å². The summed E-state index contributed by atoms with van der Waals surface area (Å²) < 4.78 is 5.86. The Morgan fingerprint density at radius 2 is 1.90 bits per heavy atom. The highest BCUT2D eigenvalue weighted by Gasteiger charge is 2.33. The van der Waals surface area contributed by atoms with Crippen molar-refractivity contribution in [1.29, 1.82) is 0 Å². The van der Waals surface area contributed by atoms with Crippen molar-refractivity contribution < 1.29 is 4.74 Å². The van der Waals surface area contributed by atoms with Crippen LogP contribution in [0.5, 0.6) is 0 Å². The molecule has 110 valence electrons. The summed E-state index contributed by atoms with van der Waals surface area (Å²) in [4.78, 5) is 3.85. The van der Waals surface area contributed by atoms with Gasteiger partial charge >= 0.3 is 0 Å². The molecule has 0 aliphatic carbocycles. The second-order valence-electron chi connectivity index (χ2n) is 5.89. The molecule has 2 fully saturated rings. The Labute approximate surface area is 125 Å². The highest BCUT2D eigenvalue weighted by atomic mass is 32.2. The Hall–Kier alpha value is -0.550. The van der Waals surface area contributed by atoms with E-state index in [4.69, 9.17) is 10.5 Å². The van der Waals surface area contributed by atoms with Crippen molar-refractivity contribution >= 4 is 11.8 Å². The minimum atomic E-state index is 0.278. The van der Waals surface area contributed by atoms with Gasteiger partial charge in [0.2, 0.25) is 0 Å². The van der Waals surface area contributed by atoms with Gasteiger partial charge in [-0.1, -0.05) is 18.2 Å². The first-order valence-corrected chi connectivity index (χ1v) is 8.59. The lowest BCUT2D eigenvalue weighted by Gasteiger charge is -2.32. The first-order valence-electron chi connectivity index (χ1n) is 7.61. The topological polar surface area (TPSA) is 38.5 Å². The van der Waals surface area contributed by atoms with Crippen molar-refractivity contribution in [2.24, 2.45) is 5.73 Å². The third-order valence-electron chi connectivity index (χ3n) is 4.14. The second kappa shape index (κ2) is 6.94. The summed E-state index contributed by atoms with van der Waals surface area (Å²) >= 11 is 1.86. The van der Waals surface area contributed by atoms with E-state index in [-0.39, 0.29) is 6.04 Å². The smallest absolute Gasteiger partial charge is 0.0707 e. The fraction of sp³-hybridized carbons (Fsp3) is 0.625. The molecule has 2 aliphatic rings. The van der Waals surface area contributed by atoms with Crippen LogP contribution in [-0.4, -0.2) is 48.5 Å². The van der Waals surface area contributed by atoms with E-state index < -0.39 is 0 Å². The average Bonchev–Trinajstić information content (AvgIpc) is 2.83. The van der Waals surface area contributed by atoms with E-state index in [0.717, 1.165) is 31.8 Å². The highest BCUT2D eigenvalue weighted by molar-refractivity contribution is 7.99. The monoisotopic (exact) mass is 292 g/mol. The predicted octanol–water partition coefficient (Wildman–Crippen LogP) is 2.36. The van der Waals surface area contributed by atoms with Crippen molar-refractivity contribution in [3.8, 4) is 0 Å². The van der Waals surface area contributed by atoms with Crippen LogP contribution in [-0.2, 0) is 4.74 Å². The Morgan fingerprint density at radius 3 is 2.60 bits per heavy atom. The Kier molecular flexibility index (Phi) is 4.99. The fourth-order valence-corrected chi connectivity index (χ4v) is 3.96. The van der Waals surface area contributed by atoms with Crippen molar-refractivity contribution in [2.45, 2.75) is 42.4 Å². The zero-order valence-electron chi connectivity index (χ0n) is 11.9. The summed E-state index contributed by atoms with van der Waals surface area (Å²) in [6.45, 7) is 3.33. The van der Waals surface area contributed by atoms with Crippen LogP contribution in [0.4, 0.5) is 0 Å². The lowest BCUT2D eigenvalue weighted by Crippen LogP contribution is -2.44. The number of likely N-dealkylation sites (tertiary alicyclic amines) is 1. The molecule has 20 heavy (non-hydrogen) atoms. The molecule has 2 heterocycles. The van der Waals surface area contributed by atoms with Crippen LogP contribution >= 0.6 is 11.8 Å². The standard InChI is InChI=1S/C16H24N2OS/c17-13(12-20-16-4-2-1-3-5-16)8-9-18-10-14-6-7-15(11-18)19-14/h1-5,13-15H,6-12,17H2/t13-,14?,15?/m1/s1. The molecule has 2 bridgehead atoms. The minimum Gasteiger partial charge on any atom is -0.372 e. The maximum absolute atomic E-state index is 6.24. The van der Waals surface area contributed by atoms with Crippen LogP contribution in [0, 0.1) is 0 Å². The lowest BCUT2D eigenvalue weighted by molar-refractivity contribution is -0.0387. The molecule has 4 heteroatoms. The molecular formula is C16H24N2OS. The molecule has 2 unspecified atom stereocenters. The fourth-order valence-electron chi connectivity index (χ4n) is 3.03. The number of benzene rings is 1. The van der Waals surface area contributed by atoms with E-state index in [1.807, 2.05) is 11.8 Å². The number of hydrogen-bond acceptors (Lipinski definition) is 4. The van der Waals surface area contributed by atoms with E-state index in [9.17, 15) is 0 Å². The van der Waals surface area contributed by atoms with Crippen LogP contribution in [0.2, 0.25) is 0 Å². The molecule has 1 aromatic rings. The van der Waals surface area contributed by atoms with Gasteiger partial charge in [0.25, 0.3) is 0 Å². The number of rotatable bonds is 6. The maximum atomic E-state index is 6.24. The molecule has 0 spiro atoms. The summed E-state index contributed by atoms with van der Waals surface area (Å²) in [5.41, 5.74) is 6.24. The number of ether oxygens (including phenoxy) is 1. The van der Waals surface area contributed by atoms with Gasteiger partial charge < -0.3 is 10.5 Å². The molecule has 0 radical (unpaired) electrons. The third-order valence-corrected chi connectivity index (χ3v) is 5.34. The molecule has 3 rings (SSSR count). The van der Waals surface area contributed by atoms with Crippen LogP contribution in [0.25, 0.3) is 0 Å². The van der Waals surface area contributed by atoms with E-state index in [2.05, 4.69) is 35.2 Å². The predicted molar refractivity (Wildman–Crippen MR) is 84.1 cm³/mol. The number of nitrogens with two attached hydrogens (primary N) is 1. The summed E-state index contributed by atoms with van der Waals surface area (Å²) in [5.74, 6) is 1.00. The summed E-state index contributed by atoms with van der Waals surface area (Å²) in [6, 6.07) is 10.8. The molecule has 3 nitrogen and oxygen atoms in total. The van der Waals surface area contributed by atoms with E-state index in [1.54, 1.807) is 0 Å². The number of fused-ring (bicyclic) bond motifs is 2. The van der Waals surface area contributed by atoms with Crippen LogP contribution < -0.4 is 5.73 Å². The van der Waals surface area contributed by atoms with Gasteiger partial charge in [-0.3, -0.25) is 4.90 Å². The van der Waals surface area contributed by atoms with Gasteiger partial charge in [-0.25, -0.2) is 0 Å². The molecular weight excluding hydrogens is 268 g/mol. The van der Waals surface area contributed by atoms with Gasteiger partial charge in [-0.05, 0) is 37.9 Å². The molecule has 0 amide bonds. The molecule has 3 atom stereocenters. The highest BCUT2D eigenvalue weighted by Crippen LogP contribution is 2.26. The van der Waals surface area contributed by atoms with Crippen molar-refractivity contribution in [3.63, 3.8) is 0 Å². The quantitative estimate of drug-likeness (QED) is 0.817. The minimum absolute atomic E-state index is 0.278. The van der Waals surface area contributed by atoms with Gasteiger partial charge in [-0.15, -0.1) is 11.8 Å². The molecule has 1 aromatic carbocycles. The first kappa shape index (κ1) is 14.4. The third kappa shape index (κ3) is 3.98. The van der Waals surface area contributed by atoms with Gasteiger partial charge in [0.05, 0.1) is 12.2 Å². The van der Waals surface area contributed by atoms with E-state index >= 15 is 0 Å².